The van der Waals surface area contributed by atoms with E-state index in [0.29, 0.717) is 6.54 Å². The second-order valence-corrected chi connectivity index (χ2v) is 4.04. The van der Waals surface area contributed by atoms with Crippen molar-refractivity contribution in [2.24, 2.45) is 0 Å². The predicted molar refractivity (Wildman–Crippen MR) is 51.6 cm³/mol. The molecular formula is C9H14N4O. The second-order valence-electron chi connectivity index (χ2n) is 4.04. The summed E-state index contributed by atoms with van der Waals surface area (Å²) in [5.41, 5.74) is 0.478. The van der Waals surface area contributed by atoms with Gasteiger partial charge in [-0.25, -0.2) is 0 Å². The minimum absolute atomic E-state index is 0.0354. The van der Waals surface area contributed by atoms with Gasteiger partial charge in [-0.3, -0.25) is 15.2 Å². The van der Waals surface area contributed by atoms with Crippen LogP contribution in [0.4, 0.5) is 0 Å². The number of aromatic amines is 1. The largest absolute Gasteiger partial charge is 0.353 e. The number of rotatable bonds is 1. The smallest absolute Gasteiger partial charge is 0.239 e. The Morgan fingerprint density at radius 2 is 2.36 bits per heavy atom. The first-order valence-electron chi connectivity index (χ1n) is 4.65. The molecule has 5 nitrogen and oxygen atoms in total. The van der Waals surface area contributed by atoms with Gasteiger partial charge in [0.1, 0.15) is 0 Å². The molecule has 14 heavy (non-hydrogen) atoms. The van der Waals surface area contributed by atoms with Gasteiger partial charge in [-0.1, -0.05) is 0 Å². The van der Waals surface area contributed by atoms with Gasteiger partial charge in [0.15, 0.2) is 0 Å². The molecule has 1 saturated heterocycles. The van der Waals surface area contributed by atoms with Gasteiger partial charge in [0, 0.05) is 12.7 Å². The molecular weight excluding hydrogens is 180 g/mol. The molecule has 1 aromatic rings. The lowest BCUT2D eigenvalue weighted by Gasteiger charge is -2.35. The van der Waals surface area contributed by atoms with E-state index >= 15 is 0 Å². The van der Waals surface area contributed by atoms with Crippen LogP contribution in [-0.2, 0) is 4.79 Å². The van der Waals surface area contributed by atoms with Gasteiger partial charge in [-0.05, 0) is 19.9 Å². The van der Waals surface area contributed by atoms with E-state index in [4.69, 9.17) is 0 Å². The molecule has 0 spiro atoms. The molecule has 1 amide bonds. The summed E-state index contributed by atoms with van der Waals surface area (Å²) in [5.74, 6) is 0.0354. The molecule has 76 valence electrons. The van der Waals surface area contributed by atoms with Gasteiger partial charge in [-0.15, -0.1) is 0 Å². The second kappa shape index (κ2) is 3.09. The van der Waals surface area contributed by atoms with E-state index in [1.165, 1.54) is 0 Å². The third-order valence-corrected chi connectivity index (χ3v) is 2.47. The lowest BCUT2D eigenvalue weighted by Crippen LogP contribution is -2.60. The number of aromatic nitrogens is 2. The number of nitrogens with one attached hydrogen (secondary N) is 3. The van der Waals surface area contributed by atoms with Crippen molar-refractivity contribution in [1.82, 2.24) is 20.8 Å². The number of hydrogen-bond donors (Lipinski definition) is 3. The van der Waals surface area contributed by atoms with E-state index in [0.717, 1.165) is 5.69 Å². The zero-order valence-corrected chi connectivity index (χ0v) is 8.29. The number of H-pyrrole nitrogens is 1. The number of carbonyl (C=O) groups is 1. The Balaban J connectivity index is 2.15. The molecule has 0 saturated carbocycles. The molecule has 0 radical (unpaired) electrons. The average Bonchev–Trinajstić information content (AvgIpc) is 2.62. The van der Waals surface area contributed by atoms with Crippen LogP contribution in [0, 0.1) is 0 Å². The SMILES string of the molecule is CC1(C)NC(c2ccn[nH]2)CNC1=O. The van der Waals surface area contributed by atoms with Crippen LogP contribution in [0.15, 0.2) is 12.3 Å². The van der Waals surface area contributed by atoms with Crippen molar-refractivity contribution in [3.8, 4) is 0 Å². The van der Waals surface area contributed by atoms with Crippen molar-refractivity contribution in [1.29, 1.82) is 0 Å². The molecule has 2 rings (SSSR count). The number of carbonyl (C=O) groups excluding carboxylic acids is 1. The monoisotopic (exact) mass is 194 g/mol. The number of nitrogens with zero attached hydrogens (tertiary/aromatic N) is 1. The summed E-state index contributed by atoms with van der Waals surface area (Å²) in [4.78, 5) is 11.4. The molecule has 3 N–H and O–H groups in total. The maximum absolute atomic E-state index is 11.4. The number of piperazine rings is 1. The van der Waals surface area contributed by atoms with Crippen molar-refractivity contribution in [3.05, 3.63) is 18.0 Å². The summed E-state index contributed by atoms with van der Waals surface area (Å²) in [6.45, 7) is 4.33. The zero-order valence-electron chi connectivity index (χ0n) is 8.29. The van der Waals surface area contributed by atoms with Crippen LogP contribution in [0.2, 0.25) is 0 Å². The molecule has 5 heteroatoms. The first-order valence-corrected chi connectivity index (χ1v) is 4.65. The summed E-state index contributed by atoms with van der Waals surface area (Å²) in [7, 11) is 0. The number of amides is 1. The molecule has 1 aliphatic rings. The minimum atomic E-state index is -0.520. The quantitative estimate of drug-likeness (QED) is 0.587. The van der Waals surface area contributed by atoms with Crippen LogP contribution in [-0.4, -0.2) is 28.2 Å². The van der Waals surface area contributed by atoms with Crippen LogP contribution >= 0.6 is 0 Å². The molecule has 1 unspecified atom stereocenters. The fraction of sp³-hybridized carbons (Fsp3) is 0.556. The van der Waals surface area contributed by atoms with E-state index in [1.807, 2.05) is 19.9 Å². The Labute approximate surface area is 82.3 Å². The lowest BCUT2D eigenvalue weighted by atomic mass is 9.98. The molecule has 1 atom stereocenters. The van der Waals surface area contributed by atoms with Crippen molar-refractivity contribution in [2.75, 3.05) is 6.54 Å². The fourth-order valence-electron chi connectivity index (χ4n) is 1.62. The predicted octanol–water partition coefficient (Wildman–Crippen LogP) is -0.0512. The third kappa shape index (κ3) is 1.50. The van der Waals surface area contributed by atoms with Gasteiger partial charge < -0.3 is 5.32 Å². The highest BCUT2D eigenvalue weighted by molar-refractivity contribution is 5.86. The van der Waals surface area contributed by atoms with Crippen molar-refractivity contribution in [2.45, 2.75) is 25.4 Å². The summed E-state index contributed by atoms with van der Waals surface area (Å²) in [6.07, 6.45) is 1.71. The molecule has 1 fully saturated rings. The van der Waals surface area contributed by atoms with E-state index in [9.17, 15) is 4.79 Å². The third-order valence-electron chi connectivity index (χ3n) is 2.47. The topological polar surface area (TPSA) is 69.8 Å². The molecule has 1 aliphatic heterocycles. The normalized spacial score (nSPS) is 25.9. The van der Waals surface area contributed by atoms with Crippen LogP contribution in [0.1, 0.15) is 25.6 Å². The van der Waals surface area contributed by atoms with Gasteiger partial charge in [0.2, 0.25) is 5.91 Å². The Kier molecular flexibility index (Phi) is 2.03. The first kappa shape index (κ1) is 9.21. The minimum Gasteiger partial charge on any atom is -0.353 e. The average molecular weight is 194 g/mol. The Morgan fingerprint density at radius 1 is 1.57 bits per heavy atom. The standard InChI is InChI=1S/C9H14N4O/c1-9(2)8(14)10-5-7(12-9)6-3-4-11-13-6/h3-4,7,12H,5H2,1-2H3,(H,10,14)(H,11,13). The van der Waals surface area contributed by atoms with Gasteiger partial charge >= 0.3 is 0 Å². The van der Waals surface area contributed by atoms with Gasteiger partial charge in [0.05, 0.1) is 17.3 Å². The van der Waals surface area contributed by atoms with Crippen LogP contribution in [0.3, 0.4) is 0 Å². The fourth-order valence-corrected chi connectivity index (χ4v) is 1.62. The van der Waals surface area contributed by atoms with E-state index in [-0.39, 0.29) is 11.9 Å². The highest BCUT2D eigenvalue weighted by Gasteiger charge is 2.35. The van der Waals surface area contributed by atoms with Crippen LogP contribution in [0.25, 0.3) is 0 Å². The summed E-state index contributed by atoms with van der Waals surface area (Å²) in [6, 6.07) is 2.02. The maximum Gasteiger partial charge on any atom is 0.239 e. The number of hydrogen-bond acceptors (Lipinski definition) is 3. The van der Waals surface area contributed by atoms with Crippen LogP contribution in [0.5, 0.6) is 0 Å². The summed E-state index contributed by atoms with van der Waals surface area (Å²) < 4.78 is 0. The lowest BCUT2D eigenvalue weighted by molar-refractivity contribution is -0.128. The highest BCUT2D eigenvalue weighted by Crippen LogP contribution is 2.18. The van der Waals surface area contributed by atoms with E-state index in [2.05, 4.69) is 20.8 Å². The molecule has 0 aliphatic carbocycles. The molecule has 1 aromatic heterocycles. The highest BCUT2D eigenvalue weighted by atomic mass is 16.2. The zero-order chi connectivity index (χ0) is 10.2. The molecule has 2 heterocycles. The van der Waals surface area contributed by atoms with Crippen molar-refractivity contribution >= 4 is 5.91 Å². The summed E-state index contributed by atoms with van der Waals surface area (Å²) >= 11 is 0. The maximum atomic E-state index is 11.4. The Hall–Kier alpha value is -1.36. The van der Waals surface area contributed by atoms with E-state index in [1.54, 1.807) is 6.20 Å². The molecule has 0 bridgehead atoms. The Morgan fingerprint density at radius 3 is 2.93 bits per heavy atom. The first-order chi connectivity index (χ1) is 6.59. The van der Waals surface area contributed by atoms with Gasteiger partial charge in [0.25, 0.3) is 0 Å². The van der Waals surface area contributed by atoms with Crippen molar-refractivity contribution < 1.29 is 4.79 Å². The molecule has 0 aromatic carbocycles. The van der Waals surface area contributed by atoms with Crippen LogP contribution < -0.4 is 10.6 Å². The van der Waals surface area contributed by atoms with Crippen molar-refractivity contribution in [3.63, 3.8) is 0 Å². The Bertz CT molecular complexity index is 331. The van der Waals surface area contributed by atoms with E-state index < -0.39 is 5.54 Å². The summed E-state index contributed by atoms with van der Waals surface area (Å²) in [5, 5.41) is 12.9. The van der Waals surface area contributed by atoms with Gasteiger partial charge in [-0.2, -0.15) is 5.10 Å².